The Bertz CT molecular complexity index is 1390. The Kier molecular flexibility index (Phi) is 8.97. The fourth-order valence-electron chi connectivity index (χ4n) is 5.37. The van der Waals surface area contributed by atoms with Gasteiger partial charge in [0.2, 0.25) is 0 Å². The summed E-state index contributed by atoms with van der Waals surface area (Å²) in [4.78, 5) is 47.1. The van der Waals surface area contributed by atoms with Gasteiger partial charge in [-0.2, -0.15) is 0 Å². The van der Waals surface area contributed by atoms with Crippen molar-refractivity contribution in [3.8, 4) is 11.1 Å². The summed E-state index contributed by atoms with van der Waals surface area (Å²) in [6, 6.07) is 9.77. The second kappa shape index (κ2) is 12.4. The molecule has 1 aliphatic heterocycles. The van der Waals surface area contributed by atoms with Crippen molar-refractivity contribution in [3.05, 3.63) is 80.5 Å². The Morgan fingerprint density at radius 3 is 2.54 bits per heavy atom. The van der Waals surface area contributed by atoms with Crippen LogP contribution in [0.5, 0.6) is 0 Å². The van der Waals surface area contributed by atoms with Crippen LogP contribution in [0.3, 0.4) is 0 Å². The molecule has 1 fully saturated rings. The maximum Gasteiger partial charge on any atom is 0.253 e. The molecular formula is C31H38N4O4. The van der Waals surface area contributed by atoms with Gasteiger partial charge in [-0.25, -0.2) is 0 Å². The molecule has 8 nitrogen and oxygen atoms in total. The van der Waals surface area contributed by atoms with Crippen molar-refractivity contribution in [2.45, 2.75) is 66.0 Å². The molecule has 0 spiro atoms. The number of pyridine rings is 2. The van der Waals surface area contributed by atoms with Gasteiger partial charge in [0.15, 0.2) is 6.29 Å². The molecule has 1 aliphatic rings. The number of nitrogens with zero attached hydrogens (tertiary/aromatic N) is 2. The molecule has 3 heterocycles. The zero-order chi connectivity index (χ0) is 28.1. The van der Waals surface area contributed by atoms with Gasteiger partial charge in [-0.1, -0.05) is 19.9 Å². The van der Waals surface area contributed by atoms with E-state index in [2.05, 4.69) is 33.2 Å². The van der Waals surface area contributed by atoms with Crippen LogP contribution in [0, 0.1) is 13.8 Å². The lowest BCUT2D eigenvalue weighted by Gasteiger charge is -2.37. The van der Waals surface area contributed by atoms with Crippen molar-refractivity contribution in [3.63, 3.8) is 0 Å². The lowest BCUT2D eigenvalue weighted by Crippen LogP contribution is -2.40. The molecule has 0 bridgehead atoms. The van der Waals surface area contributed by atoms with Crippen LogP contribution in [-0.4, -0.2) is 48.0 Å². The van der Waals surface area contributed by atoms with E-state index >= 15 is 0 Å². The fourth-order valence-corrected chi connectivity index (χ4v) is 5.37. The molecule has 39 heavy (non-hydrogen) atoms. The predicted molar refractivity (Wildman–Crippen MR) is 154 cm³/mol. The summed E-state index contributed by atoms with van der Waals surface area (Å²) in [6.45, 7) is 12.4. The normalized spacial score (nSPS) is 13.9. The van der Waals surface area contributed by atoms with Crippen LogP contribution in [0.25, 0.3) is 11.1 Å². The van der Waals surface area contributed by atoms with E-state index in [9.17, 15) is 14.4 Å². The smallest absolute Gasteiger partial charge is 0.253 e. The van der Waals surface area contributed by atoms with Crippen LogP contribution in [0.15, 0.2) is 41.3 Å². The Hall–Kier alpha value is -3.78. The molecule has 0 unspecified atom stereocenters. The summed E-state index contributed by atoms with van der Waals surface area (Å²) in [5.74, 6) is -0.0974. The van der Waals surface area contributed by atoms with E-state index in [1.165, 1.54) is 0 Å². The largest absolute Gasteiger partial charge is 0.381 e. The molecule has 0 aliphatic carbocycles. The molecule has 2 N–H and O–H groups in total. The quantitative estimate of drug-likeness (QED) is 0.381. The number of ether oxygens (including phenoxy) is 1. The number of aromatic amines is 1. The molecule has 0 atom stereocenters. The summed E-state index contributed by atoms with van der Waals surface area (Å²) >= 11 is 0. The van der Waals surface area contributed by atoms with Crippen LogP contribution in [-0.2, 0) is 11.3 Å². The summed E-state index contributed by atoms with van der Waals surface area (Å²) in [6.07, 6.45) is 4.21. The standard InChI is InChI=1S/C31H38N4O4/c1-6-35(25-9-11-39-12-10-25)29-15-23(22-7-8-24(18-36)32-16-22)14-27(21(29)5)30(37)33-17-28-26(19(2)3)13-20(4)34-31(28)38/h7-8,13-16,18-19,25H,6,9-12,17H2,1-5H3,(H,33,37)(H,34,38). The number of benzene rings is 1. The molecule has 2 aromatic heterocycles. The third-order valence-corrected chi connectivity index (χ3v) is 7.50. The van der Waals surface area contributed by atoms with Crippen molar-refractivity contribution < 1.29 is 14.3 Å². The molecule has 8 heteroatoms. The summed E-state index contributed by atoms with van der Waals surface area (Å²) < 4.78 is 5.60. The summed E-state index contributed by atoms with van der Waals surface area (Å²) in [5.41, 5.74) is 6.55. The summed E-state index contributed by atoms with van der Waals surface area (Å²) in [5, 5.41) is 3.01. The van der Waals surface area contributed by atoms with E-state index in [0.29, 0.717) is 42.4 Å². The number of nitrogens with one attached hydrogen (secondary N) is 2. The van der Waals surface area contributed by atoms with Crippen LogP contribution in [0.1, 0.15) is 82.8 Å². The van der Waals surface area contributed by atoms with Gasteiger partial charge in [0.25, 0.3) is 11.5 Å². The summed E-state index contributed by atoms with van der Waals surface area (Å²) in [7, 11) is 0. The van der Waals surface area contributed by atoms with E-state index in [-0.39, 0.29) is 23.9 Å². The minimum absolute atomic E-state index is 0.133. The molecular weight excluding hydrogens is 492 g/mol. The number of amides is 1. The van der Waals surface area contributed by atoms with Crippen LogP contribution in [0.4, 0.5) is 5.69 Å². The van der Waals surface area contributed by atoms with Crippen LogP contribution < -0.4 is 15.8 Å². The number of hydrogen-bond acceptors (Lipinski definition) is 6. The van der Waals surface area contributed by atoms with Crippen molar-refractivity contribution in [2.24, 2.45) is 0 Å². The average Bonchev–Trinajstić information content (AvgIpc) is 2.94. The Morgan fingerprint density at radius 1 is 1.18 bits per heavy atom. The Labute approximate surface area is 229 Å². The van der Waals surface area contributed by atoms with E-state index in [0.717, 1.165) is 53.0 Å². The van der Waals surface area contributed by atoms with Gasteiger partial charge < -0.3 is 19.9 Å². The predicted octanol–water partition coefficient (Wildman–Crippen LogP) is 4.92. The van der Waals surface area contributed by atoms with E-state index in [1.807, 2.05) is 45.9 Å². The zero-order valence-corrected chi connectivity index (χ0v) is 23.5. The van der Waals surface area contributed by atoms with E-state index in [4.69, 9.17) is 4.74 Å². The monoisotopic (exact) mass is 530 g/mol. The van der Waals surface area contributed by atoms with E-state index in [1.54, 1.807) is 12.3 Å². The van der Waals surface area contributed by atoms with Crippen molar-refractivity contribution in [1.29, 1.82) is 0 Å². The number of aromatic nitrogens is 2. The highest BCUT2D eigenvalue weighted by atomic mass is 16.5. The second-order valence-electron chi connectivity index (χ2n) is 10.4. The SMILES string of the molecule is CCN(c1cc(-c2ccc(C=O)nc2)cc(C(=O)NCc2c(C(C)C)cc(C)[nH]c2=O)c1C)C1CCOCC1. The highest BCUT2D eigenvalue weighted by Gasteiger charge is 2.25. The first kappa shape index (κ1) is 28.2. The number of hydrogen-bond donors (Lipinski definition) is 2. The van der Waals surface area contributed by atoms with Gasteiger partial charge in [-0.15, -0.1) is 0 Å². The first-order valence-electron chi connectivity index (χ1n) is 13.6. The highest BCUT2D eigenvalue weighted by molar-refractivity contribution is 5.99. The van der Waals surface area contributed by atoms with Gasteiger partial charge in [0.1, 0.15) is 5.69 Å². The number of carbonyl (C=O) groups is 2. The molecule has 0 radical (unpaired) electrons. The van der Waals surface area contributed by atoms with Crippen LogP contribution >= 0.6 is 0 Å². The molecule has 1 saturated heterocycles. The van der Waals surface area contributed by atoms with Crippen LogP contribution in [0.2, 0.25) is 0 Å². The minimum Gasteiger partial charge on any atom is -0.381 e. The van der Waals surface area contributed by atoms with Gasteiger partial charge in [0.05, 0.1) is 0 Å². The topological polar surface area (TPSA) is 104 Å². The number of aldehydes is 1. The molecule has 1 amide bonds. The van der Waals surface area contributed by atoms with Crippen molar-refractivity contribution in [2.75, 3.05) is 24.7 Å². The number of carbonyl (C=O) groups excluding carboxylic acids is 2. The number of anilines is 1. The highest BCUT2D eigenvalue weighted by Crippen LogP contribution is 2.33. The number of rotatable bonds is 9. The fraction of sp³-hybridized carbons (Fsp3) is 0.419. The molecule has 1 aromatic carbocycles. The number of H-pyrrole nitrogens is 1. The Morgan fingerprint density at radius 2 is 1.92 bits per heavy atom. The van der Waals surface area contributed by atoms with Gasteiger partial charge in [-0.05, 0) is 80.5 Å². The first-order chi connectivity index (χ1) is 18.7. The van der Waals surface area contributed by atoms with Gasteiger partial charge in [-0.3, -0.25) is 19.4 Å². The molecule has 206 valence electrons. The minimum atomic E-state index is -0.245. The second-order valence-corrected chi connectivity index (χ2v) is 10.4. The maximum atomic E-state index is 13.7. The number of aryl methyl sites for hydroxylation is 1. The lowest BCUT2D eigenvalue weighted by molar-refractivity contribution is 0.0846. The third kappa shape index (κ3) is 6.28. The lowest BCUT2D eigenvalue weighted by atomic mass is 9.95. The molecule has 0 saturated carbocycles. The molecule has 3 aromatic rings. The van der Waals surface area contributed by atoms with Gasteiger partial charge >= 0.3 is 0 Å². The molecule has 4 rings (SSSR count). The average molecular weight is 531 g/mol. The van der Waals surface area contributed by atoms with E-state index < -0.39 is 0 Å². The Balaban J connectivity index is 1.74. The maximum absolute atomic E-state index is 13.7. The van der Waals surface area contributed by atoms with Crippen molar-refractivity contribution in [1.82, 2.24) is 15.3 Å². The van der Waals surface area contributed by atoms with Crippen molar-refractivity contribution >= 4 is 17.9 Å². The zero-order valence-electron chi connectivity index (χ0n) is 23.5. The van der Waals surface area contributed by atoms with Gasteiger partial charge in [0, 0.05) is 66.6 Å². The first-order valence-corrected chi connectivity index (χ1v) is 13.6. The third-order valence-electron chi connectivity index (χ3n) is 7.50.